The molecule has 1 unspecified atom stereocenters. The Hall–Kier alpha value is -2.89. The zero-order valence-electron chi connectivity index (χ0n) is 15.5. The quantitative estimate of drug-likeness (QED) is 0.846. The van der Waals surface area contributed by atoms with Crippen molar-refractivity contribution in [2.45, 2.75) is 26.8 Å². The van der Waals surface area contributed by atoms with Crippen molar-refractivity contribution in [3.05, 3.63) is 59.4 Å². The van der Waals surface area contributed by atoms with Crippen molar-refractivity contribution in [3.63, 3.8) is 0 Å². The standard InChI is InChI=1S/C21H23FN2O3/c1-3-27-19-11-17(22)8-9-18(19)23-21(26)16-10-20(25)24(13-16)12-15-6-4-14(2)5-7-15/h4-9,11,16H,3,10,12-13H2,1-2H3,(H,23,26). The highest BCUT2D eigenvalue weighted by Gasteiger charge is 2.34. The van der Waals surface area contributed by atoms with Gasteiger partial charge in [0.15, 0.2) is 0 Å². The van der Waals surface area contributed by atoms with E-state index in [0.29, 0.717) is 25.4 Å². The van der Waals surface area contributed by atoms with Crippen LogP contribution in [-0.2, 0) is 16.1 Å². The fraction of sp³-hybridized carbons (Fsp3) is 0.333. The van der Waals surface area contributed by atoms with Crippen molar-refractivity contribution >= 4 is 17.5 Å². The third kappa shape index (κ3) is 4.64. The first kappa shape index (κ1) is 18.9. The number of likely N-dealkylation sites (tertiary alicyclic amines) is 1. The number of rotatable bonds is 6. The van der Waals surface area contributed by atoms with Gasteiger partial charge in [0.2, 0.25) is 11.8 Å². The van der Waals surface area contributed by atoms with Gasteiger partial charge < -0.3 is 15.0 Å². The number of ether oxygens (including phenoxy) is 1. The van der Waals surface area contributed by atoms with Gasteiger partial charge in [0.05, 0.1) is 18.2 Å². The summed E-state index contributed by atoms with van der Waals surface area (Å²) in [5.41, 5.74) is 2.60. The molecule has 142 valence electrons. The number of nitrogens with zero attached hydrogens (tertiary/aromatic N) is 1. The van der Waals surface area contributed by atoms with Crippen molar-refractivity contribution in [1.82, 2.24) is 4.90 Å². The molecule has 2 aromatic rings. The maximum atomic E-state index is 13.4. The number of anilines is 1. The van der Waals surface area contributed by atoms with Crippen molar-refractivity contribution in [2.75, 3.05) is 18.5 Å². The molecule has 6 heteroatoms. The van der Waals surface area contributed by atoms with E-state index < -0.39 is 11.7 Å². The zero-order valence-corrected chi connectivity index (χ0v) is 15.5. The number of hydrogen-bond acceptors (Lipinski definition) is 3. The summed E-state index contributed by atoms with van der Waals surface area (Å²) in [5.74, 6) is -0.895. The minimum absolute atomic E-state index is 0.0418. The first-order valence-electron chi connectivity index (χ1n) is 9.02. The molecule has 1 fully saturated rings. The Labute approximate surface area is 158 Å². The van der Waals surface area contributed by atoms with E-state index >= 15 is 0 Å². The molecule has 1 aliphatic heterocycles. The number of amides is 2. The second kappa shape index (κ2) is 8.20. The van der Waals surface area contributed by atoms with Gasteiger partial charge in [-0.25, -0.2) is 4.39 Å². The molecule has 0 radical (unpaired) electrons. The molecular weight excluding hydrogens is 347 g/mol. The third-order valence-corrected chi connectivity index (χ3v) is 4.58. The summed E-state index contributed by atoms with van der Waals surface area (Å²) in [7, 11) is 0. The average molecular weight is 370 g/mol. The molecule has 1 atom stereocenters. The predicted octanol–water partition coefficient (Wildman–Crippen LogP) is 3.52. The Morgan fingerprint density at radius 1 is 1.26 bits per heavy atom. The van der Waals surface area contributed by atoms with Crippen molar-refractivity contribution in [2.24, 2.45) is 5.92 Å². The molecule has 0 saturated carbocycles. The molecule has 0 aliphatic carbocycles. The van der Waals surface area contributed by atoms with Crippen LogP contribution in [0.25, 0.3) is 0 Å². The predicted molar refractivity (Wildman–Crippen MR) is 101 cm³/mol. The van der Waals surface area contributed by atoms with Gasteiger partial charge in [-0.1, -0.05) is 29.8 Å². The molecule has 5 nitrogen and oxygen atoms in total. The van der Waals surface area contributed by atoms with E-state index in [2.05, 4.69) is 5.32 Å². The van der Waals surface area contributed by atoms with E-state index in [1.165, 1.54) is 18.2 Å². The number of aryl methyl sites for hydroxylation is 1. The Kier molecular flexibility index (Phi) is 5.74. The fourth-order valence-electron chi connectivity index (χ4n) is 3.12. The molecule has 1 heterocycles. The van der Waals surface area contributed by atoms with Crippen LogP contribution in [0.5, 0.6) is 5.75 Å². The summed E-state index contributed by atoms with van der Waals surface area (Å²) in [6, 6.07) is 12.0. The van der Waals surface area contributed by atoms with E-state index in [0.717, 1.165) is 11.1 Å². The Morgan fingerprint density at radius 2 is 2.00 bits per heavy atom. The van der Waals surface area contributed by atoms with Crippen LogP contribution in [-0.4, -0.2) is 29.9 Å². The summed E-state index contributed by atoms with van der Waals surface area (Å²) < 4.78 is 18.8. The number of hydrogen-bond donors (Lipinski definition) is 1. The lowest BCUT2D eigenvalue weighted by Gasteiger charge is -2.17. The number of carbonyl (C=O) groups is 2. The summed E-state index contributed by atoms with van der Waals surface area (Å²) in [5, 5.41) is 2.77. The second-order valence-electron chi connectivity index (χ2n) is 6.72. The van der Waals surface area contributed by atoms with Crippen molar-refractivity contribution in [1.29, 1.82) is 0 Å². The lowest BCUT2D eigenvalue weighted by atomic mass is 10.1. The Bertz CT molecular complexity index is 836. The molecule has 0 aromatic heterocycles. The highest BCUT2D eigenvalue weighted by atomic mass is 19.1. The van der Waals surface area contributed by atoms with E-state index in [4.69, 9.17) is 4.74 Å². The molecular formula is C21H23FN2O3. The van der Waals surface area contributed by atoms with Crippen LogP contribution in [0, 0.1) is 18.7 Å². The molecule has 27 heavy (non-hydrogen) atoms. The first-order chi connectivity index (χ1) is 13.0. The van der Waals surface area contributed by atoms with E-state index in [1.54, 1.807) is 11.8 Å². The Balaban J connectivity index is 1.64. The summed E-state index contributed by atoms with van der Waals surface area (Å²) >= 11 is 0. The number of halogens is 1. The summed E-state index contributed by atoms with van der Waals surface area (Å²) in [4.78, 5) is 26.6. The maximum Gasteiger partial charge on any atom is 0.229 e. The molecule has 1 saturated heterocycles. The number of carbonyl (C=O) groups excluding carboxylic acids is 2. The van der Waals surface area contributed by atoms with Crippen LogP contribution in [0.15, 0.2) is 42.5 Å². The molecule has 3 rings (SSSR count). The van der Waals surface area contributed by atoms with Crippen LogP contribution in [0.3, 0.4) is 0 Å². The zero-order chi connectivity index (χ0) is 19.4. The minimum Gasteiger partial charge on any atom is -0.492 e. The molecule has 0 bridgehead atoms. The number of benzene rings is 2. The summed E-state index contributed by atoms with van der Waals surface area (Å²) in [6.45, 7) is 5.01. The average Bonchev–Trinajstić information content (AvgIpc) is 3.00. The normalized spacial score (nSPS) is 16.5. The van der Waals surface area contributed by atoms with Gasteiger partial charge in [-0.05, 0) is 31.5 Å². The van der Waals surface area contributed by atoms with Gasteiger partial charge in [-0.15, -0.1) is 0 Å². The van der Waals surface area contributed by atoms with Gasteiger partial charge in [0.25, 0.3) is 0 Å². The second-order valence-corrected chi connectivity index (χ2v) is 6.72. The molecule has 2 amide bonds. The maximum absolute atomic E-state index is 13.4. The van der Waals surface area contributed by atoms with Crippen LogP contribution in [0.1, 0.15) is 24.5 Å². The molecule has 0 spiro atoms. The van der Waals surface area contributed by atoms with Crippen LogP contribution in [0.4, 0.5) is 10.1 Å². The largest absolute Gasteiger partial charge is 0.492 e. The molecule has 2 aromatic carbocycles. The van der Waals surface area contributed by atoms with E-state index in [-0.39, 0.29) is 24.0 Å². The smallest absolute Gasteiger partial charge is 0.229 e. The summed E-state index contributed by atoms with van der Waals surface area (Å²) in [6.07, 6.45) is 0.170. The van der Waals surface area contributed by atoms with E-state index in [1.807, 2.05) is 31.2 Å². The molecule has 1 N–H and O–H groups in total. The molecule has 1 aliphatic rings. The van der Waals surface area contributed by atoms with Gasteiger partial charge in [-0.3, -0.25) is 9.59 Å². The van der Waals surface area contributed by atoms with Gasteiger partial charge >= 0.3 is 0 Å². The third-order valence-electron chi connectivity index (χ3n) is 4.58. The monoisotopic (exact) mass is 370 g/mol. The van der Waals surface area contributed by atoms with Crippen molar-refractivity contribution in [3.8, 4) is 5.75 Å². The van der Waals surface area contributed by atoms with Gasteiger partial charge in [0.1, 0.15) is 11.6 Å². The minimum atomic E-state index is -0.442. The highest BCUT2D eigenvalue weighted by molar-refractivity contribution is 5.98. The topological polar surface area (TPSA) is 58.6 Å². The van der Waals surface area contributed by atoms with E-state index in [9.17, 15) is 14.0 Å². The van der Waals surface area contributed by atoms with Crippen LogP contribution < -0.4 is 10.1 Å². The van der Waals surface area contributed by atoms with Crippen LogP contribution >= 0.6 is 0 Å². The lowest BCUT2D eigenvalue weighted by Crippen LogP contribution is -2.28. The Morgan fingerprint density at radius 3 is 2.70 bits per heavy atom. The first-order valence-corrected chi connectivity index (χ1v) is 9.02. The lowest BCUT2D eigenvalue weighted by molar-refractivity contribution is -0.128. The van der Waals surface area contributed by atoms with Gasteiger partial charge in [0, 0.05) is 25.6 Å². The van der Waals surface area contributed by atoms with Crippen LogP contribution in [0.2, 0.25) is 0 Å². The fourth-order valence-corrected chi connectivity index (χ4v) is 3.12. The van der Waals surface area contributed by atoms with Crippen molar-refractivity contribution < 1.29 is 18.7 Å². The van der Waals surface area contributed by atoms with Gasteiger partial charge in [-0.2, -0.15) is 0 Å². The highest BCUT2D eigenvalue weighted by Crippen LogP contribution is 2.28. The SMILES string of the molecule is CCOc1cc(F)ccc1NC(=O)C1CC(=O)N(Cc2ccc(C)cc2)C1. The number of nitrogens with one attached hydrogen (secondary N) is 1.